The van der Waals surface area contributed by atoms with E-state index in [4.69, 9.17) is 0 Å². The fraction of sp³-hybridized carbons (Fsp3) is 0.111. The first-order valence-electron chi connectivity index (χ1n) is 4.06. The predicted octanol–water partition coefficient (Wildman–Crippen LogP) is 2.60. The minimum atomic E-state index is -4.91. The number of alkyl halides is 3. The van der Waals surface area contributed by atoms with Gasteiger partial charge in [0.2, 0.25) is 9.84 Å². The molecule has 1 aliphatic heterocycles. The zero-order chi connectivity index (χ0) is 12.1. The number of halogens is 4. The Labute approximate surface area is 88.1 Å². The summed E-state index contributed by atoms with van der Waals surface area (Å²) in [7, 11) is -4.07. The summed E-state index contributed by atoms with van der Waals surface area (Å²) in [5.74, 6) is -1.74. The molecule has 0 amide bonds. The van der Waals surface area contributed by atoms with Crippen LogP contribution < -0.4 is 0 Å². The molecule has 1 aromatic carbocycles. The lowest BCUT2D eigenvalue weighted by molar-refractivity contribution is -0.140. The Morgan fingerprint density at radius 2 is 1.75 bits per heavy atom. The molecule has 0 radical (unpaired) electrons. The van der Waals surface area contributed by atoms with Crippen LogP contribution in [-0.2, 0) is 16.0 Å². The molecule has 16 heavy (non-hydrogen) atoms. The third kappa shape index (κ3) is 1.51. The van der Waals surface area contributed by atoms with Gasteiger partial charge in [-0.15, -0.1) is 0 Å². The van der Waals surface area contributed by atoms with E-state index < -0.39 is 32.3 Å². The SMILES string of the molecule is O=S1(=O)C=Cc2ccc(C(F)(F)F)c(F)c21. The maximum absolute atomic E-state index is 13.4. The fourth-order valence-electron chi connectivity index (χ4n) is 1.44. The number of fused-ring (bicyclic) bond motifs is 1. The molecule has 0 atom stereocenters. The second kappa shape index (κ2) is 3.07. The molecular weight excluding hydrogens is 248 g/mol. The van der Waals surface area contributed by atoms with Crippen molar-refractivity contribution >= 4 is 15.9 Å². The van der Waals surface area contributed by atoms with Gasteiger partial charge in [-0.25, -0.2) is 12.8 Å². The van der Waals surface area contributed by atoms with Gasteiger partial charge in [0.25, 0.3) is 0 Å². The van der Waals surface area contributed by atoms with Crippen molar-refractivity contribution in [2.24, 2.45) is 0 Å². The van der Waals surface area contributed by atoms with Gasteiger partial charge in [0.1, 0.15) is 4.90 Å². The number of sulfone groups is 1. The minimum Gasteiger partial charge on any atom is -0.219 e. The molecule has 86 valence electrons. The van der Waals surface area contributed by atoms with Crippen LogP contribution in [0, 0.1) is 5.82 Å². The Balaban J connectivity index is 2.78. The highest BCUT2D eigenvalue weighted by Crippen LogP contribution is 2.37. The first kappa shape index (κ1) is 11.1. The van der Waals surface area contributed by atoms with Crippen LogP contribution >= 0.6 is 0 Å². The van der Waals surface area contributed by atoms with Crippen molar-refractivity contribution in [3.05, 3.63) is 34.5 Å². The molecular formula is C9H4F4O2S. The molecule has 0 aromatic heterocycles. The lowest BCUT2D eigenvalue weighted by Crippen LogP contribution is -2.11. The second-order valence-electron chi connectivity index (χ2n) is 3.19. The molecule has 2 nitrogen and oxygen atoms in total. The lowest BCUT2D eigenvalue weighted by Gasteiger charge is -2.10. The van der Waals surface area contributed by atoms with E-state index in [1.165, 1.54) is 0 Å². The zero-order valence-electron chi connectivity index (χ0n) is 7.55. The van der Waals surface area contributed by atoms with Gasteiger partial charge in [-0.1, -0.05) is 6.07 Å². The third-order valence-electron chi connectivity index (χ3n) is 2.14. The Kier molecular flexibility index (Phi) is 2.13. The molecule has 0 bridgehead atoms. The van der Waals surface area contributed by atoms with Crippen LogP contribution in [0.5, 0.6) is 0 Å². The third-order valence-corrected chi connectivity index (χ3v) is 3.62. The number of hydrogen-bond donors (Lipinski definition) is 0. The topological polar surface area (TPSA) is 34.1 Å². The first-order valence-corrected chi connectivity index (χ1v) is 5.61. The lowest BCUT2D eigenvalue weighted by atomic mass is 10.1. The van der Waals surface area contributed by atoms with Crippen LogP contribution in [0.4, 0.5) is 17.6 Å². The molecule has 2 rings (SSSR count). The van der Waals surface area contributed by atoms with Crippen LogP contribution in [0.2, 0.25) is 0 Å². The molecule has 0 N–H and O–H groups in total. The van der Waals surface area contributed by atoms with E-state index in [0.717, 1.165) is 12.1 Å². The van der Waals surface area contributed by atoms with Gasteiger partial charge < -0.3 is 0 Å². The second-order valence-corrected chi connectivity index (χ2v) is 4.96. The van der Waals surface area contributed by atoms with E-state index in [1.54, 1.807) is 0 Å². The van der Waals surface area contributed by atoms with Crippen molar-refractivity contribution in [1.29, 1.82) is 0 Å². The highest BCUT2D eigenvalue weighted by atomic mass is 32.2. The monoisotopic (exact) mass is 252 g/mol. The maximum atomic E-state index is 13.4. The predicted molar refractivity (Wildman–Crippen MR) is 47.6 cm³/mol. The molecule has 0 aliphatic carbocycles. The molecule has 0 fully saturated rings. The van der Waals surface area contributed by atoms with E-state index in [2.05, 4.69) is 0 Å². The number of benzene rings is 1. The van der Waals surface area contributed by atoms with Crippen molar-refractivity contribution < 1.29 is 26.0 Å². The van der Waals surface area contributed by atoms with Gasteiger partial charge in [-0.2, -0.15) is 13.2 Å². The molecule has 0 saturated heterocycles. The summed E-state index contributed by atoms with van der Waals surface area (Å²) in [5, 5.41) is 0.681. The Morgan fingerprint density at radius 1 is 1.12 bits per heavy atom. The molecule has 0 unspecified atom stereocenters. The largest absolute Gasteiger partial charge is 0.419 e. The smallest absolute Gasteiger partial charge is 0.219 e. The first-order chi connectivity index (χ1) is 7.23. The maximum Gasteiger partial charge on any atom is 0.419 e. The minimum absolute atomic E-state index is 0.0644. The summed E-state index contributed by atoms with van der Waals surface area (Å²) in [5.41, 5.74) is -1.64. The van der Waals surface area contributed by atoms with Crippen molar-refractivity contribution in [2.75, 3.05) is 0 Å². The van der Waals surface area contributed by atoms with E-state index >= 15 is 0 Å². The Bertz CT molecular complexity index is 584. The van der Waals surface area contributed by atoms with E-state index in [-0.39, 0.29) is 5.56 Å². The molecule has 1 aromatic rings. The molecule has 0 spiro atoms. The van der Waals surface area contributed by atoms with Gasteiger partial charge in [0, 0.05) is 5.41 Å². The highest BCUT2D eigenvalue weighted by Gasteiger charge is 2.38. The van der Waals surface area contributed by atoms with Gasteiger partial charge >= 0.3 is 6.18 Å². The van der Waals surface area contributed by atoms with Crippen LogP contribution in [0.15, 0.2) is 22.4 Å². The van der Waals surface area contributed by atoms with Crippen LogP contribution in [0.1, 0.15) is 11.1 Å². The van der Waals surface area contributed by atoms with E-state index in [0.29, 0.717) is 11.5 Å². The van der Waals surface area contributed by atoms with Crippen LogP contribution in [0.25, 0.3) is 6.08 Å². The van der Waals surface area contributed by atoms with Gasteiger partial charge in [-0.05, 0) is 17.7 Å². The van der Waals surface area contributed by atoms with Crippen LogP contribution in [-0.4, -0.2) is 8.42 Å². The van der Waals surface area contributed by atoms with Gasteiger partial charge in [0.05, 0.1) is 5.56 Å². The summed E-state index contributed by atoms with van der Waals surface area (Å²) in [6.07, 6.45) is -3.84. The fourth-order valence-corrected chi connectivity index (χ4v) is 2.73. The van der Waals surface area contributed by atoms with Gasteiger partial charge in [-0.3, -0.25) is 0 Å². The van der Waals surface area contributed by atoms with Crippen molar-refractivity contribution in [1.82, 2.24) is 0 Å². The Morgan fingerprint density at radius 3 is 2.31 bits per heavy atom. The number of rotatable bonds is 0. The molecule has 1 aliphatic rings. The summed E-state index contributed by atoms with van der Waals surface area (Å²) in [4.78, 5) is -0.901. The molecule has 0 saturated carbocycles. The van der Waals surface area contributed by atoms with Crippen LogP contribution in [0.3, 0.4) is 0 Å². The zero-order valence-corrected chi connectivity index (χ0v) is 8.36. The Hall–Kier alpha value is -1.37. The summed E-state index contributed by atoms with van der Waals surface area (Å²) in [6, 6.07) is 1.46. The summed E-state index contributed by atoms with van der Waals surface area (Å²) < 4.78 is 72.9. The summed E-state index contributed by atoms with van der Waals surface area (Å²) >= 11 is 0. The molecule has 7 heteroatoms. The molecule has 1 heterocycles. The average molecular weight is 252 g/mol. The standard InChI is InChI=1S/C9H4F4O2S/c10-7-6(9(11,12)13)2-1-5-3-4-16(14,15)8(5)7/h1-4H. The number of hydrogen-bond acceptors (Lipinski definition) is 2. The normalized spacial score (nSPS) is 17.5. The van der Waals surface area contributed by atoms with Gasteiger partial charge in [0.15, 0.2) is 5.82 Å². The van der Waals surface area contributed by atoms with Crippen molar-refractivity contribution in [3.8, 4) is 0 Å². The van der Waals surface area contributed by atoms with Crippen molar-refractivity contribution in [3.63, 3.8) is 0 Å². The van der Waals surface area contributed by atoms with Crippen molar-refractivity contribution in [2.45, 2.75) is 11.1 Å². The van der Waals surface area contributed by atoms with E-state index in [1.807, 2.05) is 0 Å². The quantitative estimate of drug-likeness (QED) is 0.665. The summed E-state index contributed by atoms with van der Waals surface area (Å²) in [6.45, 7) is 0. The van der Waals surface area contributed by atoms with E-state index in [9.17, 15) is 26.0 Å². The average Bonchev–Trinajstić information content (AvgIpc) is 2.41. The highest BCUT2D eigenvalue weighted by molar-refractivity contribution is 7.94.